The van der Waals surface area contributed by atoms with E-state index in [1.54, 1.807) is 0 Å². The number of non-ortho nitro benzene ring substituents is 1. The Bertz CT molecular complexity index is 513. The molecule has 0 aromatic heterocycles. The van der Waals surface area contributed by atoms with E-state index < -0.39 is 4.92 Å². The van der Waals surface area contributed by atoms with Crippen LogP contribution in [0.15, 0.2) is 18.2 Å². The molecule has 3 rings (SSSR count). The predicted octanol–water partition coefficient (Wildman–Crippen LogP) is 2.09. The van der Waals surface area contributed by atoms with Gasteiger partial charge in [0.2, 0.25) is 0 Å². The number of nitrogens with one attached hydrogen (secondary N) is 1. The molecule has 1 N–H and O–H groups in total. The fourth-order valence-electron chi connectivity index (χ4n) is 2.99. The number of nitrogens with zero attached hydrogens (tertiary/aromatic N) is 2. The molecule has 6 heteroatoms. The third-order valence-electron chi connectivity index (χ3n) is 4.12. The monoisotopic (exact) mass is 279 g/mol. The van der Waals surface area contributed by atoms with Gasteiger partial charge in [-0.2, -0.15) is 0 Å². The molecular formula is C14H18FN3O2. The van der Waals surface area contributed by atoms with Crippen LogP contribution in [0.4, 0.5) is 10.1 Å². The highest BCUT2D eigenvalue weighted by molar-refractivity contribution is 5.37. The summed E-state index contributed by atoms with van der Waals surface area (Å²) in [5.74, 6) is 0.107. The molecule has 1 saturated carbocycles. The molecule has 0 radical (unpaired) electrons. The first-order valence-electron chi connectivity index (χ1n) is 7.05. The standard InChI is InChI=1S/C14H18FN3O2/c15-13-4-3-11(18(19)20)9-12(13)14(10-1-2-10)17-7-5-16-6-8-17/h3-4,9-10,14,16H,1-2,5-8H2/t14-/m0/s1. The lowest BCUT2D eigenvalue weighted by Gasteiger charge is -2.35. The predicted molar refractivity (Wildman–Crippen MR) is 73.0 cm³/mol. The van der Waals surface area contributed by atoms with E-state index in [9.17, 15) is 14.5 Å². The van der Waals surface area contributed by atoms with Gasteiger partial charge in [-0.1, -0.05) is 0 Å². The maximum Gasteiger partial charge on any atom is 0.269 e. The molecular weight excluding hydrogens is 261 g/mol. The van der Waals surface area contributed by atoms with Gasteiger partial charge in [-0.3, -0.25) is 15.0 Å². The summed E-state index contributed by atoms with van der Waals surface area (Å²) in [5.41, 5.74) is 0.464. The molecule has 1 aliphatic heterocycles. The third kappa shape index (κ3) is 2.66. The zero-order valence-electron chi connectivity index (χ0n) is 11.2. The summed E-state index contributed by atoms with van der Waals surface area (Å²) in [6.45, 7) is 3.51. The molecule has 108 valence electrons. The van der Waals surface area contributed by atoms with Crippen molar-refractivity contribution in [1.29, 1.82) is 0 Å². The zero-order valence-corrected chi connectivity index (χ0v) is 11.2. The lowest BCUT2D eigenvalue weighted by molar-refractivity contribution is -0.385. The fourth-order valence-corrected chi connectivity index (χ4v) is 2.99. The van der Waals surface area contributed by atoms with Gasteiger partial charge in [0.05, 0.1) is 4.92 Å². The van der Waals surface area contributed by atoms with E-state index in [1.807, 2.05) is 0 Å². The second kappa shape index (κ2) is 5.46. The molecule has 1 aliphatic carbocycles. The van der Waals surface area contributed by atoms with Gasteiger partial charge in [-0.05, 0) is 24.8 Å². The van der Waals surface area contributed by atoms with Crippen molar-refractivity contribution in [1.82, 2.24) is 10.2 Å². The van der Waals surface area contributed by atoms with Gasteiger partial charge < -0.3 is 5.32 Å². The Kier molecular flexibility index (Phi) is 3.67. The Morgan fingerprint density at radius 3 is 2.65 bits per heavy atom. The van der Waals surface area contributed by atoms with Gasteiger partial charge >= 0.3 is 0 Å². The SMILES string of the molecule is O=[N+]([O-])c1ccc(F)c([C@H](C2CC2)N2CCNCC2)c1. The normalized spacial score (nSPS) is 21.6. The molecule has 20 heavy (non-hydrogen) atoms. The van der Waals surface area contributed by atoms with Crippen molar-refractivity contribution in [3.63, 3.8) is 0 Å². The molecule has 1 heterocycles. The van der Waals surface area contributed by atoms with Crippen LogP contribution in [0.3, 0.4) is 0 Å². The number of nitro benzene ring substituents is 1. The molecule has 2 fully saturated rings. The largest absolute Gasteiger partial charge is 0.314 e. The lowest BCUT2D eigenvalue weighted by atomic mass is 9.98. The maximum absolute atomic E-state index is 14.2. The molecule has 1 atom stereocenters. The summed E-state index contributed by atoms with van der Waals surface area (Å²) in [6, 6.07) is 3.86. The van der Waals surface area contributed by atoms with Crippen LogP contribution in [-0.2, 0) is 0 Å². The minimum atomic E-state index is -0.454. The second-order valence-corrected chi connectivity index (χ2v) is 5.53. The van der Waals surface area contributed by atoms with E-state index in [-0.39, 0.29) is 17.5 Å². The highest BCUT2D eigenvalue weighted by Crippen LogP contribution is 2.45. The van der Waals surface area contributed by atoms with Gasteiger partial charge in [0, 0.05) is 49.9 Å². The molecule has 0 bridgehead atoms. The number of rotatable bonds is 4. The first kappa shape index (κ1) is 13.5. The summed E-state index contributed by atoms with van der Waals surface area (Å²) in [7, 11) is 0. The highest BCUT2D eigenvalue weighted by atomic mass is 19.1. The molecule has 0 spiro atoms. The molecule has 0 amide bonds. The van der Waals surface area contributed by atoms with Crippen LogP contribution in [0.2, 0.25) is 0 Å². The Morgan fingerprint density at radius 2 is 2.05 bits per heavy atom. The Hall–Kier alpha value is -1.53. The van der Waals surface area contributed by atoms with Gasteiger partial charge in [0.1, 0.15) is 5.82 Å². The van der Waals surface area contributed by atoms with Crippen LogP contribution in [0, 0.1) is 21.8 Å². The van der Waals surface area contributed by atoms with E-state index in [2.05, 4.69) is 10.2 Å². The van der Waals surface area contributed by atoms with Crippen molar-refractivity contribution in [2.75, 3.05) is 26.2 Å². The Labute approximate surface area is 116 Å². The summed E-state index contributed by atoms with van der Waals surface area (Å²) in [4.78, 5) is 12.7. The number of benzene rings is 1. The number of hydrogen-bond acceptors (Lipinski definition) is 4. The smallest absolute Gasteiger partial charge is 0.269 e. The number of nitro groups is 1. The topological polar surface area (TPSA) is 58.4 Å². The van der Waals surface area contributed by atoms with Gasteiger partial charge in [0.25, 0.3) is 5.69 Å². The van der Waals surface area contributed by atoms with E-state index in [4.69, 9.17) is 0 Å². The lowest BCUT2D eigenvalue weighted by Crippen LogP contribution is -2.45. The Balaban J connectivity index is 1.94. The summed E-state index contributed by atoms with van der Waals surface area (Å²) in [6.07, 6.45) is 2.16. The average molecular weight is 279 g/mol. The van der Waals surface area contributed by atoms with Crippen molar-refractivity contribution < 1.29 is 9.31 Å². The van der Waals surface area contributed by atoms with Gasteiger partial charge in [-0.25, -0.2) is 4.39 Å². The van der Waals surface area contributed by atoms with Crippen molar-refractivity contribution >= 4 is 5.69 Å². The number of hydrogen-bond donors (Lipinski definition) is 1. The van der Waals surface area contributed by atoms with Crippen LogP contribution in [0.1, 0.15) is 24.4 Å². The van der Waals surface area contributed by atoms with Crippen molar-refractivity contribution in [3.05, 3.63) is 39.7 Å². The van der Waals surface area contributed by atoms with E-state index >= 15 is 0 Å². The van der Waals surface area contributed by atoms with E-state index in [1.165, 1.54) is 18.2 Å². The third-order valence-corrected chi connectivity index (χ3v) is 4.12. The van der Waals surface area contributed by atoms with Gasteiger partial charge in [-0.15, -0.1) is 0 Å². The Morgan fingerprint density at radius 1 is 1.35 bits per heavy atom. The van der Waals surface area contributed by atoms with Crippen LogP contribution in [0.25, 0.3) is 0 Å². The summed E-state index contributed by atoms with van der Waals surface area (Å²) < 4.78 is 14.2. The van der Waals surface area contributed by atoms with Crippen LogP contribution in [0.5, 0.6) is 0 Å². The minimum absolute atomic E-state index is 0.0167. The molecule has 5 nitrogen and oxygen atoms in total. The number of halogens is 1. The van der Waals surface area contributed by atoms with Gasteiger partial charge in [0.15, 0.2) is 0 Å². The molecule has 1 aromatic rings. The van der Waals surface area contributed by atoms with Crippen LogP contribution >= 0.6 is 0 Å². The van der Waals surface area contributed by atoms with Crippen LogP contribution < -0.4 is 5.32 Å². The minimum Gasteiger partial charge on any atom is -0.314 e. The maximum atomic E-state index is 14.2. The highest BCUT2D eigenvalue weighted by Gasteiger charge is 2.38. The molecule has 1 saturated heterocycles. The molecule has 0 unspecified atom stereocenters. The summed E-state index contributed by atoms with van der Waals surface area (Å²) >= 11 is 0. The van der Waals surface area contributed by atoms with Crippen LogP contribution in [-0.4, -0.2) is 36.0 Å². The van der Waals surface area contributed by atoms with E-state index in [0.29, 0.717) is 11.5 Å². The van der Waals surface area contributed by atoms with Crippen molar-refractivity contribution in [3.8, 4) is 0 Å². The molecule has 2 aliphatic rings. The average Bonchev–Trinajstić information content (AvgIpc) is 3.27. The number of piperazine rings is 1. The zero-order chi connectivity index (χ0) is 14.1. The van der Waals surface area contributed by atoms with Crippen molar-refractivity contribution in [2.24, 2.45) is 5.92 Å². The first-order valence-corrected chi connectivity index (χ1v) is 7.05. The quantitative estimate of drug-likeness (QED) is 0.677. The second-order valence-electron chi connectivity index (χ2n) is 5.53. The summed E-state index contributed by atoms with van der Waals surface area (Å²) in [5, 5.41) is 14.2. The molecule has 1 aromatic carbocycles. The first-order chi connectivity index (χ1) is 9.66. The van der Waals surface area contributed by atoms with Crippen molar-refractivity contribution in [2.45, 2.75) is 18.9 Å². The fraction of sp³-hybridized carbons (Fsp3) is 0.571. The van der Waals surface area contributed by atoms with E-state index in [0.717, 1.165) is 39.0 Å².